The molecule has 0 aliphatic rings. The normalized spacial score (nSPS) is 13.5. The molecule has 1 aromatic heterocycles. The number of pyridine rings is 1. The number of ether oxygens (including phenoxy) is 1. The first-order valence-corrected chi connectivity index (χ1v) is 6.75. The van der Waals surface area contributed by atoms with E-state index in [1.54, 1.807) is 6.92 Å². The lowest BCUT2D eigenvalue weighted by Gasteiger charge is -2.14. The maximum atomic E-state index is 11.9. The highest BCUT2D eigenvalue weighted by Crippen LogP contribution is 2.10. The number of sulfonamides is 1. The molecule has 1 aromatic rings. The van der Waals surface area contributed by atoms with Crippen LogP contribution in [0.15, 0.2) is 23.2 Å². The van der Waals surface area contributed by atoms with Gasteiger partial charge < -0.3 is 10.5 Å². The van der Waals surface area contributed by atoms with E-state index in [2.05, 4.69) is 9.71 Å². The van der Waals surface area contributed by atoms with E-state index in [0.29, 0.717) is 13.2 Å². The van der Waals surface area contributed by atoms with Crippen LogP contribution in [0.3, 0.4) is 0 Å². The minimum absolute atomic E-state index is 0.105. The van der Waals surface area contributed by atoms with Gasteiger partial charge >= 0.3 is 0 Å². The van der Waals surface area contributed by atoms with Crippen molar-refractivity contribution in [3.8, 4) is 0 Å². The first kappa shape index (κ1) is 13.9. The number of hydrogen-bond donors (Lipinski definition) is 2. The molecular formula is C10H17N3O3S. The number of anilines is 1. The average Bonchev–Trinajstić information content (AvgIpc) is 2.26. The molecule has 0 bridgehead atoms. The molecule has 17 heavy (non-hydrogen) atoms. The monoisotopic (exact) mass is 259 g/mol. The SMILES string of the molecule is CCOCC(C)NS(=O)(=O)c1ccnc(N)c1. The summed E-state index contributed by atoms with van der Waals surface area (Å²) in [6.45, 7) is 4.47. The molecule has 1 atom stereocenters. The van der Waals surface area contributed by atoms with Crippen molar-refractivity contribution in [2.75, 3.05) is 18.9 Å². The fourth-order valence-corrected chi connectivity index (χ4v) is 2.51. The Bertz CT molecular complexity index is 462. The number of nitrogen functional groups attached to an aromatic ring is 1. The van der Waals surface area contributed by atoms with Gasteiger partial charge in [-0.25, -0.2) is 18.1 Å². The number of aromatic nitrogens is 1. The van der Waals surface area contributed by atoms with Gasteiger partial charge in [-0.1, -0.05) is 0 Å². The first-order valence-electron chi connectivity index (χ1n) is 5.27. The van der Waals surface area contributed by atoms with E-state index in [4.69, 9.17) is 10.5 Å². The molecule has 0 saturated carbocycles. The maximum Gasteiger partial charge on any atom is 0.241 e. The van der Waals surface area contributed by atoms with Crippen molar-refractivity contribution in [2.24, 2.45) is 0 Å². The van der Waals surface area contributed by atoms with E-state index in [9.17, 15) is 8.42 Å². The summed E-state index contributed by atoms with van der Waals surface area (Å²) in [7, 11) is -3.56. The zero-order valence-electron chi connectivity index (χ0n) is 9.88. The molecule has 96 valence electrons. The van der Waals surface area contributed by atoms with Crippen LogP contribution >= 0.6 is 0 Å². The summed E-state index contributed by atoms with van der Waals surface area (Å²) in [4.78, 5) is 3.85. The number of hydrogen-bond acceptors (Lipinski definition) is 5. The molecule has 3 N–H and O–H groups in total. The third-order valence-corrected chi connectivity index (χ3v) is 3.58. The van der Waals surface area contributed by atoms with Gasteiger partial charge in [0.05, 0.1) is 11.5 Å². The number of nitrogens with one attached hydrogen (secondary N) is 1. The van der Waals surface area contributed by atoms with Gasteiger partial charge in [0.2, 0.25) is 10.0 Å². The summed E-state index contributed by atoms with van der Waals surface area (Å²) >= 11 is 0. The van der Waals surface area contributed by atoms with Crippen LogP contribution in [0.2, 0.25) is 0 Å². The molecule has 7 heteroatoms. The zero-order chi connectivity index (χ0) is 12.9. The van der Waals surface area contributed by atoms with E-state index in [1.165, 1.54) is 18.3 Å². The molecule has 1 rings (SSSR count). The Labute approximate surface area is 101 Å². The van der Waals surface area contributed by atoms with Crippen molar-refractivity contribution in [3.63, 3.8) is 0 Å². The number of nitrogens with two attached hydrogens (primary N) is 1. The molecule has 1 unspecified atom stereocenters. The lowest BCUT2D eigenvalue weighted by atomic mass is 10.4. The molecule has 6 nitrogen and oxygen atoms in total. The maximum absolute atomic E-state index is 11.9. The smallest absolute Gasteiger partial charge is 0.241 e. The van der Waals surface area contributed by atoms with Gasteiger partial charge in [0.1, 0.15) is 5.82 Å². The molecule has 0 aliphatic carbocycles. The van der Waals surface area contributed by atoms with Crippen LogP contribution in [0.4, 0.5) is 5.82 Å². The van der Waals surface area contributed by atoms with Crippen LogP contribution in [0.25, 0.3) is 0 Å². The molecule has 0 aliphatic heterocycles. The number of nitrogens with zero attached hydrogens (tertiary/aromatic N) is 1. The quantitative estimate of drug-likeness (QED) is 0.769. The van der Waals surface area contributed by atoms with E-state index in [-0.39, 0.29) is 16.8 Å². The van der Waals surface area contributed by atoms with Gasteiger partial charge in [0.25, 0.3) is 0 Å². The summed E-state index contributed by atoms with van der Waals surface area (Å²) in [5.41, 5.74) is 5.44. The fraction of sp³-hybridized carbons (Fsp3) is 0.500. The fourth-order valence-electron chi connectivity index (χ4n) is 1.26. The predicted octanol–water partition coefficient (Wildman–Crippen LogP) is 0.367. The van der Waals surface area contributed by atoms with Crippen molar-refractivity contribution >= 4 is 15.8 Å². The van der Waals surface area contributed by atoms with E-state index in [0.717, 1.165) is 0 Å². The Balaban J connectivity index is 2.75. The Hall–Kier alpha value is -1.18. The van der Waals surface area contributed by atoms with Crippen LogP contribution in [0, 0.1) is 0 Å². The molecule has 0 saturated heterocycles. The van der Waals surface area contributed by atoms with Crippen LogP contribution in [-0.4, -0.2) is 32.7 Å². The molecule has 0 amide bonds. The largest absolute Gasteiger partial charge is 0.384 e. The van der Waals surface area contributed by atoms with Gasteiger partial charge in [-0.05, 0) is 19.9 Å². The van der Waals surface area contributed by atoms with Crippen LogP contribution < -0.4 is 10.5 Å². The van der Waals surface area contributed by atoms with E-state index >= 15 is 0 Å². The Morgan fingerprint density at radius 2 is 2.29 bits per heavy atom. The molecule has 1 heterocycles. The zero-order valence-corrected chi connectivity index (χ0v) is 10.7. The van der Waals surface area contributed by atoms with Crippen LogP contribution in [-0.2, 0) is 14.8 Å². The molecular weight excluding hydrogens is 242 g/mol. The minimum atomic E-state index is -3.56. The van der Waals surface area contributed by atoms with Gasteiger partial charge in [-0.3, -0.25) is 0 Å². The van der Waals surface area contributed by atoms with Crippen molar-refractivity contribution in [3.05, 3.63) is 18.3 Å². The third-order valence-electron chi connectivity index (χ3n) is 1.99. The molecule has 0 fully saturated rings. The second-order valence-electron chi connectivity index (χ2n) is 3.60. The highest BCUT2D eigenvalue weighted by molar-refractivity contribution is 7.89. The molecule has 0 aromatic carbocycles. The summed E-state index contributed by atoms with van der Waals surface area (Å²) in [5, 5.41) is 0. The van der Waals surface area contributed by atoms with Crippen molar-refractivity contribution in [1.82, 2.24) is 9.71 Å². The standard InChI is InChI=1S/C10H17N3O3S/c1-3-16-7-8(2)13-17(14,15)9-4-5-12-10(11)6-9/h4-6,8,13H,3,7H2,1-2H3,(H2,11,12). The van der Waals surface area contributed by atoms with Gasteiger partial charge in [0.15, 0.2) is 0 Å². The van der Waals surface area contributed by atoms with Crippen molar-refractivity contribution < 1.29 is 13.2 Å². The second kappa shape index (κ2) is 5.95. The van der Waals surface area contributed by atoms with Gasteiger partial charge in [-0.2, -0.15) is 0 Å². The topological polar surface area (TPSA) is 94.3 Å². The Kier molecular flexibility index (Phi) is 4.86. The molecule has 0 radical (unpaired) electrons. The van der Waals surface area contributed by atoms with E-state index in [1.807, 2.05) is 6.92 Å². The first-order chi connectivity index (χ1) is 7.95. The summed E-state index contributed by atoms with van der Waals surface area (Å²) in [6, 6.07) is 2.41. The van der Waals surface area contributed by atoms with Crippen molar-refractivity contribution in [1.29, 1.82) is 0 Å². The highest BCUT2D eigenvalue weighted by Gasteiger charge is 2.17. The third kappa shape index (κ3) is 4.29. The lowest BCUT2D eigenvalue weighted by Crippen LogP contribution is -2.35. The second-order valence-corrected chi connectivity index (χ2v) is 5.31. The predicted molar refractivity (Wildman–Crippen MR) is 64.9 cm³/mol. The summed E-state index contributed by atoms with van der Waals surface area (Å²) < 4.78 is 31.5. The van der Waals surface area contributed by atoms with Crippen molar-refractivity contribution in [2.45, 2.75) is 24.8 Å². The van der Waals surface area contributed by atoms with Crippen LogP contribution in [0.1, 0.15) is 13.8 Å². The van der Waals surface area contributed by atoms with E-state index < -0.39 is 10.0 Å². The number of rotatable bonds is 6. The Morgan fingerprint density at radius 3 is 2.88 bits per heavy atom. The van der Waals surface area contributed by atoms with Crippen LogP contribution in [0.5, 0.6) is 0 Å². The lowest BCUT2D eigenvalue weighted by molar-refractivity contribution is 0.133. The average molecular weight is 259 g/mol. The Morgan fingerprint density at radius 1 is 1.59 bits per heavy atom. The minimum Gasteiger partial charge on any atom is -0.384 e. The van der Waals surface area contributed by atoms with Gasteiger partial charge in [-0.15, -0.1) is 0 Å². The van der Waals surface area contributed by atoms with Gasteiger partial charge in [0, 0.05) is 24.9 Å². The molecule has 0 spiro atoms. The summed E-state index contributed by atoms with van der Waals surface area (Å²) in [5.74, 6) is 0.172. The highest BCUT2D eigenvalue weighted by atomic mass is 32.2. The summed E-state index contributed by atoms with van der Waals surface area (Å²) in [6.07, 6.45) is 1.36.